The van der Waals surface area contributed by atoms with Crippen molar-refractivity contribution in [1.82, 2.24) is 9.71 Å². The standard InChI is InChI=1S/C11H13N3S/c1-2-4-8(3-1)11-13-9-5-6-12-7-10(9)15-14-11/h5-8H,1-4H2,(H,13,14). The van der Waals surface area contributed by atoms with E-state index in [1.807, 2.05) is 12.3 Å². The lowest BCUT2D eigenvalue weighted by molar-refractivity contribution is 0.715. The average molecular weight is 219 g/mol. The van der Waals surface area contributed by atoms with Gasteiger partial charge in [0, 0.05) is 18.3 Å². The van der Waals surface area contributed by atoms with Crippen molar-refractivity contribution in [2.24, 2.45) is 10.9 Å². The summed E-state index contributed by atoms with van der Waals surface area (Å²) in [5.74, 6) is 1.81. The molecule has 78 valence electrons. The first-order valence-corrected chi connectivity index (χ1v) is 6.20. The summed E-state index contributed by atoms with van der Waals surface area (Å²) in [6.07, 6.45) is 8.93. The minimum absolute atomic E-state index is 0.652. The Morgan fingerprint density at radius 3 is 3.07 bits per heavy atom. The zero-order chi connectivity index (χ0) is 10.1. The summed E-state index contributed by atoms with van der Waals surface area (Å²) in [4.78, 5) is 9.89. The number of amidine groups is 1. The summed E-state index contributed by atoms with van der Waals surface area (Å²) in [6, 6.07) is 1.98. The molecule has 1 aliphatic carbocycles. The fourth-order valence-corrected chi connectivity index (χ4v) is 2.94. The van der Waals surface area contributed by atoms with Crippen LogP contribution in [0, 0.1) is 5.92 Å². The van der Waals surface area contributed by atoms with Gasteiger partial charge < -0.3 is 4.72 Å². The lowest BCUT2D eigenvalue weighted by Crippen LogP contribution is -2.25. The third-order valence-electron chi connectivity index (χ3n) is 3.01. The van der Waals surface area contributed by atoms with Crippen LogP contribution in [0.2, 0.25) is 0 Å². The van der Waals surface area contributed by atoms with Gasteiger partial charge in [-0.1, -0.05) is 12.8 Å². The molecule has 0 amide bonds. The number of aliphatic imine (C=N–C) groups is 1. The van der Waals surface area contributed by atoms with E-state index >= 15 is 0 Å². The van der Waals surface area contributed by atoms with Gasteiger partial charge >= 0.3 is 0 Å². The Morgan fingerprint density at radius 2 is 2.20 bits per heavy atom. The SMILES string of the molecule is c1cc2c(cn1)SNC(C1CCCC1)=N2. The van der Waals surface area contributed by atoms with Crippen molar-refractivity contribution in [3.8, 4) is 0 Å². The summed E-state index contributed by atoms with van der Waals surface area (Å²) in [5, 5.41) is 0. The molecule has 1 N–H and O–H groups in total. The van der Waals surface area contributed by atoms with E-state index in [1.54, 1.807) is 18.1 Å². The van der Waals surface area contributed by atoms with Gasteiger partial charge in [-0.05, 0) is 30.9 Å². The largest absolute Gasteiger partial charge is 0.313 e. The average Bonchev–Trinajstić information content (AvgIpc) is 2.82. The Hall–Kier alpha value is -1.03. The normalized spacial score (nSPS) is 20.7. The Balaban J connectivity index is 1.91. The number of fused-ring (bicyclic) bond motifs is 1. The van der Waals surface area contributed by atoms with Crippen LogP contribution in [-0.2, 0) is 0 Å². The minimum atomic E-state index is 0.652. The van der Waals surface area contributed by atoms with Crippen molar-refractivity contribution in [2.75, 3.05) is 0 Å². The molecule has 15 heavy (non-hydrogen) atoms. The van der Waals surface area contributed by atoms with Crippen LogP contribution in [0.1, 0.15) is 25.7 Å². The topological polar surface area (TPSA) is 37.3 Å². The van der Waals surface area contributed by atoms with Crippen LogP contribution in [0.4, 0.5) is 5.69 Å². The van der Waals surface area contributed by atoms with E-state index in [2.05, 4.69) is 14.7 Å². The maximum atomic E-state index is 4.67. The van der Waals surface area contributed by atoms with E-state index < -0.39 is 0 Å². The van der Waals surface area contributed by atoms with Gasteiger partial charge in [-0.3, -0.25) is 4.98 Å². The highest BCUT2D eigenvalue weighted by Crippen LogP contribution is 2.34. The quantitative estimate of drug-likeness (QED) is 0.738. The Morgan fingerprint density at radius 1 is 1.33 bits per heavy atom. The van der Waals surface area contributed by atoms with Gasteiger partial charge in [0.2, 0.25) is 0 Å². The highest BCUT2D eigenvalue weighted by Gasteiger charge is 2.23. The van der Waals surface area contributed by atoms with E-state index in [4.69, 9.17) is 0 Å². The van der Waals surface area contributed by atoms with Crippen molar-refractivity contribution in [3.05, 3.63) is 18.5 Å². The van der Waals surface area contributed by atoms with Crippen molar-refractivity contribution in [2.45, 2.75) is 30.6 Å². The molecular weight excluding hydrogens is 206 g/mol. The molecular formula is C11H13N3S. The number of nitrogens with zero attached hydrogens (tertiary/aromatic N) is 2. The Kier molecular flexibility index (Phi) is 2.37. The molecule has 1 aromatic heterocycles. The smallest absolute Gasteiger partial charge is 0.115 e. The molecule has 3 nitrogen and oxygen atoms in total. The predicted octanol–water partition coefficient (Wildman–Crippen LogP) is 2.91. The third kappa shape index (κ3) is 1.74. The van der Waals surface area contributed by atoms with Crippen LogP contribution in [0.25, 0.3) is 0 Å². The van der Waals surface area contributed by atoms with Crippen molar-refractivity contribution >= 4 is 23.5 Å². The van der Waals surface area contributed by atoms with E-state index in [-0.39, 0.29) is 0 Å². The van der Waals surface area contributed by atoms with Crippen LogP contribution in [0.3, 0.4) is 0 Å². The van der Waals surface area contributed by atoms with Gasteiger partial charge in [0.15, 0.2) is 0 Å². The molecule has 0 radical (unpaired) electrons. The van der Waals surface area contributed by atoms with E-state index in [9.17, 15) is 0 Å². The van der Waals surface area contributed by atoms with Crippen LogP contribution >= 0.6 is 11.9 Å². The minimum Gasteiger partial charge on any atom is -0.313 e. The van der Waals surface area contributed by atoms with E-state index in [1.165, 1.54) is 25.7 Å². The van der Waals surface area contributed by atoms with Gasteiger partial charge in [-0.15, -0.1) is 0 Å². The van der Waals surface area contributed by atoms with Gasteiger partial charge in [0.1, 0.15) is 5.84 Å². The number of hydrogen-bond acceptors (Lipinski definition) is 4. The van der Waals surface area contributed by atoms with Crippen LogP contribution in [0.15, 0.2) is 28.3 Å². The molecule has 0 bridgehead atoms. The number of pyridine rings is 1. The number of nitrogens with one attached hydrogen (secondary N) is 1. The van der Waals surface area contributed by atoms with E-state index in [0.717, 1.165) is 16.4 Å². The molecule has 1 aliphatic heterocycles. The van der Waals surface area contributed by atoms with Crippen molar-refractivity contribution < 1.29 is 0 Å². The van der Waals surface area contributed by atoms with Crippen molar-refractivity contribution in [3.63, 3.8) is 0 Å². The monoisotopic (exact) mass is 219 g/mol. The van der Waals surface area contributed by atoms with E-state index in [0.29, 0.717) is 5.92 Å². The molecule has 0 saturated heterocycles. The van der Waals surface area contributed by atoms with Crippen molar-refractivity contribution in [1.29, 1.82) is 0 Å². The number of rotatable bonds is 1. The highest BCUT2D eigenvalue weighted by molar-refractivity contribution is 7.98. The molecule has 1 fully saturated rings. The molecule has 0 unspecified atom stereocenters. The highest BCUT2D eigenvalue weighted by atomic mass is 32.2. The van der Waals surface area contributed by atoms with Gasteiger partial charge in [0.05, 0.1) is 10.6 Å². The Labute approximate surface area is 93.5 Å². The van der Waals surface area contributed by atoms with Gasteiger partial charge in [0.25, 0.3) is 0 Å². The first kappa shape index (κ1) is 9.21. The number of aromatic nitrogens is 1. The summed E-state index contributed by atoms with van der Waals surface area (Å²) < 4.78 is 3.34. The molecule has 2 heterocycles. The maximum absolute atomic E-state index is 4.67. The maximum Gasteiger partial charge on any atom is 0.115 e. The molecule has 0 spiro atoms. The molecule has 1 saturated carbocycles. The molecule has 0 atom stereocenters. The Bertz CT molecular complexity index is 397. The summed E-state index contributed by atoms with van der Waals surface area (Å²) in [5.41, 5.74) is 1.07. The lowest BCUT2D eigenvalue weighted by Gasteiger charge is -2.19. The lowest BCUT2D eigenvalue weighted by atomic mass is 10.1. The van der Waals surface area contributed by atoms with Crippen LogP contribution < -0.4 is 4.72 Å². The molecule has 4 heteroatoms. The molecule has 1 aromatic rings. The summed E-state index contributed by atoms with van der Waals surface area (Å²) >= 11 is 1.64. The van der Waals surface area contributed by atoms with Crippen LogP contribution in [-0.4, -0.2) is 10.8 Å². The zero-order valence-corrected chi connectivity index (χ0v) is 9.26. The first-order valence-electron chi connectivity index (χ1n) is 5.39. The molecule has 3 rings (SSSR count). The third-order valence-corrected chi connectivity index (χ3v) is 3.86. The second-order valence-corrected chi connectivity index (χ2v) is 4.87. The predicted molar refractivity (Wildman–Crippen MR) is 62.3 cm³/mol. The fourth-order valence-electron chi connectivity index (χ4n) is 2.18. The second kappa shape index (κ2) is 3.85. The van der Waals surface area contributed by atoms with Gasteiger partial charge in [-0.2, -0.15) is 0 Å². The second-order valence-electron chi connectivity index (χ2n) is 4.03. The molecule has 0 aromatic carbocycles. The molecule has 2 aliphatic rings. The van der Waals surface area contributed by atoms with Crippen LogP contribution in [0.5, 0.6) is 0 Å². The first-order chi connectivity index (χ1) is 7.43. The van der Waals surface area contributed by atoms with Gasteiger partial charge in [-0.25, -0.2) is 4.99 Å². The summed E-state index contributed by atoms with van der Waals surface area (Å²) in [7, 11) is 0. The summed E-state index contributed by atoms with van der Waals surface area (Å²) in [6.45, 7) is 0. The fraction of sp³-hybridized carbons (Fsp3) is 0.455. The number of hydrogen-bond donors (Lipinski definition) is 1. The zero-order valence-electron chi connectivity index (χ0n) is 8.44.